The Bertz CT molecular complexity index is 835. The molecule has 0 radical (unpaired) electrons. The van der Waals surface area contributed by atoms with Gasteiger partial charge < -0.3 is 10.1 Å². The molecule has 1 aromatic carbocycles. The Morgan fingerprint density at radius 2 is 1.86 bits per heavy atom. The number of hydrogen-bond donors (Lipinski definition) is 1. The standard InChI is InChI=1S/C17H16ClN3/c18-14-8-15(19)17-20-16(10-21(17)9-14)13-6-5-11-3-1-2-4-12(11)7-13/h5-10H,1-4,19H2. The molecule has 0 unspecified atom stereocenters. The average Bonchev–Trinajstić information content (AvgIpc) is 2.91. The van der Waals surface area contributed by atoms with Gasteiger partial charge in [-0.2, -0.15) is 0 Å². The Hall–Kier alpha value is -2.00. The minimum atomic E-state index is 0.603. The summed E-state index contributed by atoms with van der Waals surface area (Å²) in [6, 6.07) is 8.41. The zero-order valence-corrected chi connectivity index (χ0v) is 12.4. The van der Waals surface area contributed by atoms with Crippen molar-refractivity contribution in [2.75, 3.05) is 5.73 Å². The summed E-state index contributed by atoms with van der Waals surface area (Å²) in [7, 11) is 0. The van der Waals surface area contributed by atoms with Crippen LogP contribution in [-0.2, 0) is 12.8 Å². The van der Waals surface area contributed by atoms with E-state index in [1.54, 1.807) is 6.07 Å². The fraction of sp³-hybridized carbons (Fsp3) is 0.235. The van der Waals surface area contributed by atoms with E-state index >= 15 is 0 Å². The molecular formula is C17H16ClN3. The summed E-state index contributed by atoms with van der Waals surface area (Å²) in [4.78, 5) is 4.65. The Balaban J connectivity index is 1.84. The monoisotopic (exact) mass is 297 g/mol. The number of nitrogen functional groups attached to an aromatic ring is 1. The molecule has 0 atom stereocenters. The minimum Gasteiger partial charge on any atom is -0.396 e. The molecule has 0 bridgehead atoms. The SMILES string of the molecule is Nc1cc(Cl)cn2cc(-c3ccc4c(c3)CCCC4)nc12. The van der Waals surface area contributed by atoms with E-state index in [1.807, 2.05) is 16.8 Å². The largest absolute Gasteiger partial charge is 0.396 e. The zero-order chi connectivity index (χ0) is 14.4. The van der Waals surface area contributed by atoms with Crippen molar-refractivity contribution in [3.63, 3.8) is 0 Å². The second-order valence-corrected chi connectivity index (χ2v) is 6.10. The lowest BCUT2D eigenvalue weighted by Gasteiger charge is -2.15. The Morgan fingerprint density at radius 3 is 2.71 bits per heavy atom. The van der Waals surface area contributed by atoms with E-state index < -0.39 is 0 Å². The van der Waals surface area contributed by atoms with Crippen LogP contribution in [0.5, 0.6) is 0 Å². The number of pyridine rings is 1. The van der Waals surface area contributed by atoms with Gasteiger partial charge in [0.1, 0.15) is 0 Å². The lowest BCUT2D eigenvalue weighted by atomic mass is 9.90. The van der Waals surface area contributed by atoms with Crippen molar-refractivity contribution >= 4 is 22.9 Å². The summed E-state index contributed by atoms with van der Waals surface area (Å²) in [5.41, 5.74) is 12.4. The van der Waals surface area contributed by atoms with Gasteiger partial charge in [-0.3, -0.25) is 0 Å². The predicted molar refractivity (Wildman–Crippen MR) is 86.7 cm³/mol. The molecule has 3 aromatic rings. The number of aryl methyl sites for hydroxylation is 2. The molecule has 0 aliphatic heterocycles. The summed E-state index contributed by atoms with van der Waals surface area (Å²) >= 11 is 6.05. The first-order chi connectivity index (χ1) is 10.2. The fourth-order valence-electron chi connectivity index (χ4n) is 3.12. The molecule has 21 heavy (non-hydrogen) atoms. The summed E-state index contributed by atoms with van der Waals surface area (Å²) in [6.07, 6.45) is 8.78. The van der Waals surface area contributed by atoms with E-state index in [9.17, 15) is 0 Å². The minimum absolute atomic E-state index is 0.603. The van der Waals surface area contributed by atoms with Gasteiger partial charge >= 0.3 is 0 Å². The van der Waals surface area contributed by atoms with Gasteiger partial charge in [-0.05, 0) is 48.9 Å². The third-order valence-corrected chi connectivity index (χ3v) is 4.40. The molecule has 4 rings (SSSR count). The number of imidazole rings is 1. The molecule has 4 heteroatoms. The molecular weight excluding hydrogens is 282 g/mol. The van der Waals surface area contributed by atoms with Crippen LogP contribution in [0.1, 0.15) is 24.0 Å². The molecule has 1 aliphatic rings. The van der Waals surface area contributed by atoms with Gasteiger partial charge in [-0.1, -0.05) is 23.7 Å². The molecule has 2 N–H and O–H groups in total. The van der Waals surface area contributed by atoms with E-state index in [0.29, 0.717) is 10.7 Å². The summed E-state index contributed by atoms with van der Waals surface area (Å²) < 4.78 is 1.90. The van der Waals surface area contributed by atoms with Gasteiger partial charge in [-0.25, -0.2) is 4.98 Å². The van der Waals surface area contributed by atoms with Gasteiger partial charge in [0.2, 0.25) is 0 Å². The second-order valence-electron chi connectivity index (χ2n) is 5.66. The molecule has 1 aliphatic carbocycles. The van der Waals surface area contributed by atoms with Crippen molar-refractivity contribution in [1.29, 1.82) is 0 Å². The topological polar surface area (TPSA) is 43.3 Å². The number of halogens is 1. The Kier molecular flexibility index (Phi) is 2.89. The first-order valence-electron chi connectivity index (χ1n) is 7.26. The summed E-state index contributed by atoms with van der Waals surface area (Å²) in [6.45, 7) is 0. The molecule has 3 nitrogen and oxygen atoms in total. The number of fused-ring (bicyclic) bond motifs is 2. The highest BCUT2D eigenvalue weighted by Crippen LogP contribution is 2.28. The van der Waals surface area contributed by atoms with Gasteiger partial charge in [0.05, 0.1) is 16.4 Å². The quantitative estimate of drug-likeness (QED) is 0.734. The van der Waals surface area contributed by atoms with E-state index in [2.05, 4.69) is 23.2 Å². The number of anilines is 1. The van der Waals surface area contributed by atoms with Gasteiger partial charge in [-0.15, -0.1) is 0 Å². The van der Waals surface area contributed by atoms with Crippen molar-refractivity contribution in [1.82, 2.24) is 9.38 Å². The van der Waals surface area contributed by atoms with Crippen LogP contribution in [0.4, 0.5) is 5.69 Å². The maximum atomic E-state index is 6.05. The number of nitrogens with two attached hydrogens (primary N) is 1. The van der Waals surface area contributed by atoms with Crippen LogP contribution in [0, 0.1) is 0 Å². The number of aromatic nitrogens is 2. The fourth-order valence-corrected chi connectivity index (χ4v) is 3.34. The predicted octanol–water partition coefficient (Wildman–Crippen LogP) is 4.12. The molecule has 2 aromatic heterocycles. The van der Waals surface area contributed by atoms with Crippen molar-refractivity contribution in [2.45, 2.75) is 25.7 Å². The van der Waals surface area contributed by atoms with Crippen LogP contribution in [0.3, 0.4) is 0 Å². The highest BCUT2D eigenvalue weighted by molar-refractivity contribution is 6.30. The molecule has 0 spiro atoms. The van der Waals surface area contributed by atoms with Crippen molar-refractivity contribution in [3.05, 3.63) is 52.8 Å². The average molecular weight is 298 g/mol. The zero-order valence-electron chi connectivity index (χ0n) is 11.6. The smallest absolute Gasteiger partial charge is 0.160 e. The maximum Gasteiger partial charge on any atom is 0.160 e. The molecule has 0 amide bonds. The second kappa shape index (κ2) is 4.78. The molecule has 106 valence electrons. The van der Waals surface area contributed by atoms with Crippen molar-refractivity contribution < 1.29 is 0 Å². The van der Waals surface area contributed by atoms with E-state index in [4.69, 9.17) is 17.3 Å². The molecule has 0 fully saturated rings. The van der Waals surface area contributed by atoms with Gasteiger partial charge in [0.15, 0.2) is 5.65 Å². The Morgan fingerprint density at radius 1 is 1.05 bits per heavy atom. The summed E-state index contributed by atoms with van der Waals surface area (Å²) in [5.74, 6) is 0. The number of hydrogen-bond acceptors (Lipinski definition) is 2. The molecule has 2 heterocycles. The third-order valence-electron chi connectivity index (χ3n) is 4.19. The first-order valence-corrected chi connectivity index (χ1v) is 7.64. The number of rotatable bonds is 1. The van der Waals surface area contributed by atoms with Crippen LogP contribution in [-0.4, -0.2) is 9.38 Å². The number of benzene rings is 1. The normalized spacial score (nSPS) is 14.3. The lowest BCUT2D eigenvalue weighted by molar-refractivity contribution is 0.686. The first kappa shape index (κ1) is 12.7. The van der Waals surface area contributed by atoms with Crippen LogP contribution in [0.2, 0.25) is 5.02 Å². The third kappa shape index (κ3) is 2.18. The van der Waals surface area contributed by atoms with Crippen molar-refractivity contribution in [2.24, 2.45) is 0 Å². The van der Waals surface area contributed by atoms with Crippen LogP contribution in [0.15, 0.2) is 36.7 Å². The van der Waals surface area contributed by atoms with Crippen LogP contribution < -0.4 is 5.73 Å². The van der Waals surface area contributed by atoms with Crippen LogP contribution in [0.25, 0.3) is 16.9 Å². The van der Waals surface area contributed by atoms with E-state index in [1.165, 1.54) is 36.8 Å². The maximum absolute atomic E-state index is 6.05. The van der Waals surface area contributed by atoms with E-state index in [0.717, 1.165) is 16.9 Å². The van der Waals surface area contributed by atoms with Gasteiger partial charge in [0, 0.05) is 18.0 Å². The highest BCUT2D eigenvalue weighted by Gasteiger charge is 2.12. The van der Waals surface area contributed by atoms with Crippen molar-refractivity contribution in [3.8, 4) is 11.3 Å². The molecule has 0 saturated heterocycles. The summed E-state index contributed by atoms with van der Waals surface area (Å²) in [5, 5.41) is 0.620. The highest BCUT2D eigenvalue weighted by atomic mass is 35.5. The van der Waals surface area contributed by atoms with Crippen LogP contribution >= 0.6 is 11.6 Å². The number of nitrogens with zero attached hydrogens (tertiary/aromatic N) is 2. The lowest BCUT2D eigenvalue weighted by Crippen LogP contribution is -2.02. The van der Waals surface area contributed by atoms with Gasteiger partial charge in [0.25, 0.3) is 0 Å². The molecule has 0 saturated carbocycles. The Labute approximate surface area is 128 Å². The van der Waals surface area contributed by atoms with E-state index in [-0.39, 0.29) is 0 Å².